The van der Waals surface area contributed by atoms with Crippen LogP contribution in [-0.2, 0) is 6.54 Å². The zero-order chi connectivity index (χ0) is 15.0. The van der Waals surface area contributed by atoms with Gasteiger partial charge < -0.3 is 0 Å². The van der Waals surface area contributed by atoms with E-state index in [9.17, 15) is 0 Å². The SMILES string of the molecule is CCn1nc(C)cc1-c1n[nH]c(=S)n1-c1ccc(Cl)cc1. The molecule has 3 rings (SSSR count). The number of nitrogens with zero attached hydrogens (tertiary/aromatic N) is 4. The maximum atomic E-state index is 5.95. The predicted octanol–water partition coefficient (Wildman–Crippen LogP) is 3.78. The highest BCUT2D eigenvalue weighted by Crippen LogP contribution is 2.23. The summed E-state index contributed by atoms with van der Waals surface area (Å²) in [5.41, 5.74) is 2.79. The smallest absolute Gasteiger partial charge is 0.200 e. The second kappa shape index (κ2) is 5.46. The van der Waals surface area contributed by atoms with Crippen LogP contribution in [0.2, 0.25) is 5.02 Å². The van der Waals surface area contributed by atoms with E-state index in [1.165, 1.54) is 0 Å². The Morgan fingerprint density at radius 1 is 1.29 bits per heavy atom. The Morgan fingerprint density at radius 2 is 2.00 bits per heavy atom. The van der Waals surface area contributed by atoms with Gasteiger partial charge in [-0.15, -0.1) is 0 Å². The fraction of sp³-hybridized carbons (Fsp3) is 0.214. The Kier molecular flexibility index (Phi) is 3.65. The summed E-state index contributed by atoms with van der Waals surface area (Å²) in [6, 6.07) is 9.49. The molecule has 5 nitrogen and oxygen atoms in total. The zero-order valence-electron chi connectivity index (χ0n) is 11.7. The van der Waals surface area contributed by atoms with Crippen LogP contribution in [0.1, 0.15) is 12.6 Å². The van der Waals surface area contributed by atoms with Gasteiger partial charge in [0.2, 0.25) is 0 Å². The number of rotatable bonds is 3. The first-order valence-corrected chi connectivity index (χ1v) is 7.37. The largest absolute Gasteiger partial charge is 0.267 e. The highest BCUT2D eigenvalue weighted by Gasteiger charge is 2.15. The molecule has 0 bridgehead atoms. The molecule has 0 atom stereocenters. The molecule has 21 heavy (non-hydrogen) atoms. The Labute approximate surface area is 132 Å². The van der Waals surface area contributed by atoms with E-state index in [1.54, 1.807) is 0 Å². The normalized spacial score (nSPS) is 11.0. The number of aryl methyl sites for hydroxylation is 2. The molecule has 0 spiro atoms. The monoisotopic (exact) mass is 319 g/mol. The van der Waals surface area contributed by atoms with Crippen molar-refractivity contribution in [1.82, 2.24) is 24.5 Å². The summed E-state index contributed by atoms with van der Waals surface area (Å²) in [4.78, 5) is 0. The van der Waals surface area contributed by atoms with E-state index in [0.29, 0.717) is 9.79 Å². The summed E-state index contributed by atoms with van der Waals surface area (Å²) in [6.45, 7) is 4.77. The van der Waals surface area contributed by atoms with Crippen molar-refractivity contribution in [3.63, 3.8) is 0 Å². The summed E-state index contributed by atoms with van der Waals surface area (Å²) in [5, 5.41) is 12.4. The average molecular weight is 320 g/mol. The molecule has 0 aliphatic heterocycles. The van der Waals surface area contributed by atoms with Gasteiger partial charge in [-0.1, -0.05) is 11.6 Å². The van der Waals surface area contributed by atoms with Crippen LogP contribution in [0.15, 0.2) is 30.3 Å². The van der Waals surface area contributed by atoms with Crippen molar-refractivity contribution in [2.75, 3.05) is 0 Å². The molecule has 1 aromatic carbocycles. The quantitative estimate of drug-likeness (QED) is 0.747. The van der Waals surface area contributed by atoms with Crippen LogP contribution in [0, 0.1) is 11.7 Å². The molecule has 2 aromatic heterocycles. The third-order valence-corrected chi connectivity index (χ3v) is 3.71. The molecule has 108 valence electrons. The van der Waals surface area contributed by atoms with Gasteiger partial charge in [-0.2, -0.15) is 10.2 Å². The van der Waals surface area contributed by atoms with E-state index < -0.39 is 0 Å². The maximum Gasteiger partial charge on any atom is 0.200 e. The average Bonchev–Trinajstić information content (AvgIpc) is 3.02. The van der Waals surface area contributed by atoms with Crippen molar-refractivity contribution in [3.05, 3.63) is 45.8 Å². The molecule has 0 fully saturated rings. The number of halogens is 1. The molecule has 0 saturated carbocycles. The summed E-state index contributed by atoms with van der Waals surface area (Å²) >= 11 is 11.3. The Bertz CT molecular complexity index is 828. The van der Waals surface area contributed by atoms with Crippen molar-refractivity contribution >= 4 is 23.8 Å². The Balaban J connectivity index is 2.21. The molecular weight excluding hydrogens is 306 g/mol. The first-order chi connectivity index (χ1) is 10.1. The zero-order valence-corrected chi connectivity index (χ0v) is 13.2. The summed E-state index contributed by atoms with van der Waals surface area (Å²) < 4.78 is 4.33. The van der Waals surface area contributed by atoms with Gasteiger partial charge in [0, 0.05) is 11.6 Å². The number of benzene rings is 1. The van der Waals surface area contributed by atoms with E-state index in [4.69, 9.17) is 23.8 Å². The first kappa shape index (κ1) is 14.0. The highest BCUT2D eigenvalue weighted by molar-refractivity contribution is 7.71. The number of H-pyrrole nitrogens is 1. The highest BCUT2D eigenvalue weighted by atomic mass is 35.5. The standard InChI is InChI=1S/C14H14ClN5S/c1-3-19-12(8-9(2)18-19)13-16-17-14(21)20(13)11-6-4-10(15)5-7-11/h4-8H,3H2,1-2H3,(H,17,21). The Morgan fingerprint density at radius 3 is 2.67 bits per heavy atom. The van der Waals surface area contributed by atoms with Crippen molar-refractivity contribution in [2.24, 2.45) is 0 Å². The minimum atomic E-state index is 0.536. The predicted molar refractivity (Wildman–Crippen MR) is 85.4 cm³/mol. The molecule has 0 amide bonds. The maximum absolute atomic E-state index is 5.95. The number of hydrogen-bond acceptors (Lipinski definition) is 3. The van der Waals surface area contributed by atoms with Gasteiger partial charge in [0.05, 0.1) is 11.4 Å². The van der Waals surface area contributed by atoms with Crippen LogP contribution in [0.5, 0.6) is 0 Å². The minimum Gasteiger partial charge on any atom is -0.267 e. The summed E-state index contributed by atoms with van der Waals surface area (Å²) in [6.07, 6.45) is 0. The number of hydrogen-bond donors (Lipinski definition) is 1. The summed E-state index contributed by atoms with van der Waals surface area (Å²) in [5.74, 6) is 0.741. The lowest BCUT2D eigenvalue weighted by molar-refractivity contribution is 0.656. The number of aromatic amines is 1. The molecule has 0 radical (unpaired) electrons. The van der Waals surface area contributed by atoms with Crippen LogP contribution < -0.4 is 0 Å². The minimum absolute atomic E-state index is 0.536. The molecule has 0 saturated heterocycles. The fourth-order valence-corrected chi connectivity index (χ4v) is 2.63. The van der Waals surface area contributed by atoms with Crippen LogP contribution >= 0.6 is 23.8 Å². The first-order valence-electron chi connectivity index (χ1n) is 6.58. The van der Waals surface area contributed by atoms with Crippen LogP contribution in [-0.4, -0.2) is 24.5 Å². The van der Waals surface area contributed by atoms with Gasteiger partial charge in [0.25, 0.3) is 0 Å². The third-order valence-electron chi connectivity index (χ3n) is 3.19. The van der Waals surface area contributed by atoms with Crippen LogP contribution in [0.25, 0.3) is 17.2 Å². The van der Waals surface area contributed by atoms with Gasteiger partial charge >= 0.3 is 0 Å². The molecule has 3 aromatic rings. The lowest BCUT2D eigenvalue weighted by Crippen LogP contribution is -2.04. The number of nitrogens with one attached hydrogen (secondary N) is 1. The van der Waals surface area contributed by atoms with Crippen LogP contribution in [0.3, 0.4) is 0 Å². The molecule has 1 N–H and O–H groups in total. The van der Waals surface area contributed by atoms with Gasteiger partial charge in [0.1, 0.15) is 5.69 Å². The number of aromatic nitrogens is 5. The van der Waals surface area contributed by atoms with Crippen molar-refractivity contribution in [2.45, 2.75) is 20.4 Å². The topological polar surface area (TPSA) is 51.4 Å². The lowest BCUT2D eigenvalue weighted by Gasteiger charge is -2.08. The molecule has 0 unspecified atom stereocenters. The van der Waals surface area contributed by atoms with Gasteiger partial charge in [-0.25, -0.2) is 0 Å². The van der Waals surface area contributed by atoms with E-state index >= 15 is 0 Å². The lowest BCUT2D eigenvalue weighted by atomic mass is 10.3. The Hall–Kier alpha value is -1.92. The van der Waals surface area contributed by atoms with Crippen molar-refractivity contribution < 1.29 is 0 Å². The van der Waals surface area contributed by atoms with Gasteiger partial charge in [0.15, 0.2) is 10.6 Å². The second-order valence-corrected chi connectivity index (χ2v) is 5.47. The molecule has 0 aliphatic rings. The molecular formula is C14H14ClN5S. The second-order valence-electron chi connectivity index (χ2n) is 4.65. The third kappa shape index (κ3) is 2.52. The van der Waals surface area contributed by atoms with E-state index in [-0.39, 0.29) is 0 Å². The molecule has 0 aliphatic carbocycles. The van der Waals surface area contributed by atoms with E-state index in [0.717, 1.165) is 29.4 Å². The van der Waals surface area contributed by atoms with Gasteiger partial charge in [-0.3, -0.25) is 14.3 Å². The summed E-state index contributed by atoms with van der Waals surface area (Å²) in [7, 11) is 0. The van der Waals surface area contributed by atoms with Crippen molar-refractivity contribution in [3.8, 4) is 17.2 Å². The van der Waals surface area contributed by atoms with E-state index in [1.807, 2.05) is 53.4 Å². The fourth-order valence-electron chi connectivity index (χ4n) is 2.27. The molecule has 7 heteroatoms. The van der Waals surface area contributed by atoms with Crippen molar-refractivity contribution in [1.29, 1.82) is 0 Å². The van der Waals surface area contributed by atoms with Crippen LogP contribution in [0.4, 0.5) is 0 Å². The van der Waals surface area contributed by atoms with E-state index in [2.05, 4.69) is 15.3 Å². The van der Waals surface area contributed by atoms with Gasteiger partial charge in [-0.05, 0) is 56.4 Å². The molecule has 2 heterocycles.